The maximum absolute atomic E-state index is 7.07. The molecule has 3 rings (SSSR count). The van der Waals surface area contributed by atoms with Gasteiger partial charge in [-0.15, -0.1) is 0 Å². The zero-order chi connectivity index (χ0) is 21.5. The van der Waals surface area contributed by atoms with Crippen LogP contribution < -0.4 is 0 Å². The fraction of sp³-hybridized carbons (Fsp3) is 0.280. The summed E-state index contributed by atoms with van der Waals surface area (Å²) in [4.78, 5) is 0. The van der Waals surface area contributed by atoms with Crippen LogP contribution in [0.2, 0.25) is 0 Å². The van der Waals surface area contributed by atoms with Gasteiger partial charge in [0.25, 0.3) is 0 Å². The van der Waals surface area contributed by atoms with Crippen LogP contribution >= 0.6 is 0 Å². The molecule has 0 amide bonds. The lowest BCUT2D eigenvalue weighted by atomic mass is 9.80. The molecule has 158 valence electrons. The lowest BCUT2D eigenvalue weighted by Gasteiger charge is -2.42. The van der Waals surface area contributed by atoms with Crippen LogP contribution in [0.25, 0.3) is 0 Å². The van der Waals surface area contributed by atoms with Crippen molar-refractivity contribution in [1.29, 1.82) is 0 Å². The number of hydrogen-bond acceptors (Lipinski definition) is 4. The minimum absolute atomic E-state index is 0.377. The van der Waals surface area contributed by atoms with Crippen molar-refractivity contribution in [3.05, 3.63) is 108 Å². The second-order valence-corrected chi connectivity index (χ2v) is 10.1. The highest BCUT2D eigenvalue weighted by Gasteiger charge is 2.52. The van der Waals surface area contributed by atoms with Crippen molar-refractivity contribution in [1.82, 2.24) is 0 Å². The molecule has 0 spiro atoms. The summed E-state index contributed by atoms with van der Waals surface area (Å²) in [5, 5.41) is 0. The van der Waals surface area contributed by atoms with Gasteiger partial charge in [-0.1, -0.05) is 97.9 Å². The molecule has 1 unspecified atom stereocenters. The summed E-state index contributed by atoms with van der Waals surface area (Å²) < 4.78 is 24.5. The first-order valence-electron chi connectivity index (χ1n) is 10.2. The molecule has 0 bridgehead atoms. The highest BCUT2D eigenvalue weighted by atomic mass is 28.4. The first-order chi connectivity index (χ1) is 14.7. The van der Waals surface area contributed by atoms with E-state index in [2.05, 4.69) is 43.3 Å². The van der Waals surface area contributed by atoms with Crippen molar-refractivity contribution in [2.75, 3.05) is 21.3 Å². The van der Waals surface area contributed by atoms with E-state index in [1.54, 1.807) is 21.3 Å². The predicted molar refractivity (Wildman–Crippen MR) is 121 cm³/mol. The summed E-state index contributed by atoms with van der Waals surface area (Å²) >= 11 is 0. The monoisotopic (exact) mass is 422 g/mol. The van der Waals surface area contributed by atoms with Crippen molar-refractivity contribution in [3.63, 3.8) is 0 Å². The molecule has 5 heteroatoms. The summed E-state index contributed by atoms with van der Waals surface area (Å²) in [6.07, 6.45) is 0.677. The first-order valence-corrected chi connectivity index (χ1v) is 12.0. The lowest BCUT2D eigenvalue weighted by Crippen LogP contribution is -2.58. The molecule has 0 saturated heterocycles. The number of ether oxygens (including phenoxy) is 1. The predicted octanol–water partition coefficient (Wildman–Crippen LogP) is 5.19. The van der Waals surface area contributed by atoms with Crippen LogP contribution in [0.4, 0.5) is 0 Å². The van der Waals surface area contributed by atoms with E-state index in [1.165, 1.54) is 0 Å². The molecule has 0 aromatic heterocycles. The Bertz CT molecular complexity index is 778. The van der Waals surface area contributed by atoms with E-state index < -0.39 is 14.4 Å². The van der Waals surface area contributed by atoms with Crippen LogP contribution in [0.5, 0.6) is 0 Å². The third-order valence-electron chi connectivity index (χ3n) is 5.48. The molecule has 3 aromatic rings. The molecule has 0 N–H and O–H groups in total. The van der Waals surface area contributed by atoms with Crippen LogP contribution in [0.1, 0.15) is 30.0 Å². The standard InChI is InChI=1S/C25H30O4Si/c1-5-24(30(26-2,27-3)28-4)29-25(21-15-9-6-10-16-21,22-17-11-7-12-18-22)23-19-13-8-14-20-23/h6-20,24H,5H2,1-4H3. The Balaban J connectivity index is 2.28. The van der Waals surface area contributed by atoms with Gasteiger partial charge in [0.1, 0.15) is 11.3 Å². The minimum atomic E-state index is -3.08. The van der Waals surface area contributed by atoms with Crippen LogP contribution in [0, 0.1) is 0 Å². The quantitative estimate of drug-likeness (QED) is 0.333. The zero-order valence-electron chi connectivity index (χ0n) is 18.1. The van der Waals surface area contributed by atoms with Gasteiger partial charge in [-0.05, 0) is 23.1 Å². The Hall–Kier alpha value is -2.28. The smallest absolute Gasteiger partial charge is 0.375 e. The highest BCUT2D eigenvalue weighted by molar-refractivity contribution is 6.62. The maximum Gasteiger partial charge on any atom is 0.530 e. The summed E-state index contributed by atoms with van der Waals surface area (Å²) in [5.74, 6) is 0. The van der Waals surface area contributed by atoms with Crippen molar-refractivity contribution < 1.29 is 18.0 Å². The van der Waals surface area contributed by atoms with E-state index in [9.17, 15) is 0 Å². The Labute approximate surface area is 180 Å². The molecule has 0 aliphatic heterocycles. The van der Waals surface area contributed by atoms with Crippen LogP contribution in [0.3, 0.4) is 0 Å². The van der Waals surface area contributed by atoms with Gasteiger partial charge >= 0.3 is 8.80 Å². The molecule has 0 aliphatic carbocycles. The fourth-order valence-corrected chi connectivity index (χ4v) is 6.10. The topological polar surface area (TPSA) is 36.9 Å². The minimum Gasteiger partial charge on any atom is -0.375 e. The van der Waals surface area contributed by atoms with Gasteiger partial charge in [0, 0.05) is 21.3 Å². The normalized spacial score (nSPS) is 13.2. The molecule has 0 radical (unpaired) electrons. The van der Waals surface area contributed by atoms with Crippen LogP contribution in [0.15, 0.2) is 91.0 Å². The third kappa shape index (κ3) is 4.12. The zero-order valence-corrected chi connectivity index (χ0v) is 19.1. The van der Waals surface area contributed by atoms with Gasteiger partial charge < -0.3 is 18.0 Å². The molecule has 4 nitrogen and oxygen atoms in total. The van der Waals surface area contributed by atoms with Gasteiger partial charge in [0.2, 0.25) is 0 Å². The van der Waals surface area contributed by atoms with Crippen LogP contribution in [-0.4, -0.2) is 35.9 Å². The molecule has 3 aromatic carbocycles. The Morgan fingerprint density at radius 3 is 1.23 bits per heavy atom. The second kappa shape index (κ2) is 10.2. The second-order valence-electron chi connectivity index (χ2n) is 7.01. The van der Waals surface area contributed by atoms with E-state index in [-0.39, 0.29) is 5.73 Å². The average molecular weight is 423 g/mol. The van der Waals surface area contributed by atoms with Gasteiger partial charge in [-0.2, -0.15) is 0 Å². The largest absolute Gasteiger partial charge is 0.530 e. The fourth-order valence-electron chi connectivity index (χ4n) is 3.99. The summed E-state index contributed by atoms with van der Waals surface area (Å²) in [5.41, 5.74) is 1.88. The summed E-state index contributed by atoms with van der Waals surface area (Å²) in [6.45, 7) is 2.06. The van der Waals surface area contributed by atoms with E-state index in [0.717, 1.165) is 16.7 Å². The Morgan fingerprint density at radius 1 is 0.633 bits per heavy atom. The van der Waals surface area contributed by atoms with Gasteiger partial charge in [0.15, 0.2) is 0 Å². The number of hydrogen-bond donors (Lipinski definition) is 0. The van der Waals surface area contributed by atoms with Crippen molar-refractivity contribution in [2.45, 2.75) is 24.7 Å². The summed E-state index contributed by atoms with van der Waals surface area (Å²) in [7, 11) is 1.80. The molecular weight excluding hydrogens is 392 g/mol. The number of benzene rings is 3. The molecule has 0 heterocycles. The van der Waals surface area contributed by atoms with E-state index in [0.29, 0.717) is 6.42 Å². The maximum atomic E-state index is 7.07. The number of rotatable bonds is 10. The molecule has 30 heavy (non-hydrogen) atoms. The van der Waals surface area contributed by atoms with Gasteiger partial charge in [-0.3, -0.25) is 0 Å². The van der Waals surface area contributed by atoms with Crippen LogP contribution in [-0.2, 0) is 23.6 Å². The first kappa shape index (κ1) is 22.4. The van der Waals surface area contributed by atoms with Gasteiger partial charge in [-0.25, -0.2) is 0 Å². The Kier molecular flexibility index (Phi) is 7.58. The lowest BCUT2D eigenvalue weighted by molar-refractivity contribution is -0.0565. The Morgan fingerprint density at radius 2 is 0.967 bits per heavy atom. The van der Waals surface area contributed by atoms with E-state index in [1.807, 2.05) is 54.6 Å². The molecule has 1 atom stereocenters. The van der Waals surface area contributed by atoms with E-state index in [4.69, 9.17) is 18.0 Å². The van der Waals surface area contributed by atoms with Crippen molar-refractivity contribution >= 4 is 8.80 Å². The summed E-state index contributed by atoms with van der Waals surface area (Å²) in [6, 6.07) is 30.9. The van der Waals surface area contributed by atoms with Crippen molar-refractivity contribution in [2.24, 2.45) is 0 Å². The molecule has 0 fully saturated rings. The van der Waals surface area contributed by atoms with Gasteiger partial charge in [0.05, 0.1) is 0 Å². The molecule has 0 saturated carbocycles. The van der Waals surface area contributed by atoms with Crippen molar-refractivity contribution in [3.8, 4) is 0 Å². The average Bonchev–Trinajstić information content (AvgIpc) is 2.84. The molecule has 0 aliphatic rings. The highest BCUT2D eigenvalue weighted by Crippen LogP contribution is 2.43. The third-order valence-corrected chi connectivity index (χ3v) is 8.50. The molecular formula is C25H30O4Si. The SMILES string of the molecule is CCC(OC(c1ccccc1)(c1ccccc1)c1ccccc1)[Si](OC)(OC)OC. The van der Waals surface area contributed by atoms with E-state index >= 15 is 0 Å².